The van der Waals surface area contributed by atoms with Crippen LogP contribution in [0.1, 0.15) is 52.7 Å². The summed E-state index contributed by atoms with van der Waals surface area (Å²) in [4.78, 5) is 12.3. The molecule has 112 valence electrons. The Labute approximate surface area is 124 Å². The van der Waals surface area contributed by atoms with Gasteiger partial charge in [-0.1, -0.05) is 43.3 Å². The molecule has 0 fully saturated rings. The molecule has 1 heterocycles. The standard InChI is InChI=1S/C16H20N2O3/c1-10(2)15-14(11(3)18-21-15)16(20)17-8-12-5-4-6-13(7-12)9-19/h4-7,10,19H,8-9H2,1-3H3,(H,17,20). The van der Waals surface area contributed by atoms with Gasteiger partial charge in [0.05, 0.1) is 12.3 Å². The molecule has 2 N–H and O–H groups in total. The predicted octanol–water partition coefficient (Wildman–Crippen LogP) is 2.53. The molecule has 0 saturated heterocycles. The van der Waals surface area contributed by atoms with Crippen LogP contribution in [0, 0.1) is 6.92 Å². The fourth-order valence-corrected chi connectivity index (χ4v) is 2.17. The van der Waals surface area contributed by atoms with Gasteiger partial charge in [-0.2, -0.15) is 0 Å². The quantitative estimate of drug-likeness (QED) is 0.886. The van der Waals surface area contributed by atoms with Crippen molar-refractivity contribution in [3.8, 4) is 0 Å². The van der Waals surface area contributed by atoms with Crippen LogP contribution in [0.25, 0.3) is 0 Å². The minimum absolute atomic E-state index is 0.00988. The van der Waals surface area contributed by atoms with E-state index in [1.165, 1.54) is 0 Å². The molecule has 0 aliphatic heterocycles. The number of carbonyl (C=O) groups is 1. The second-order valence-electron chi connectivity index (χ2n) is 5.32. The molecule has 2 aromatic rings. The van der Waals surface area contributed by atoms with Gasteiger partial charge in [0.2, 0.25) is 0 Å². The fourth-order valence-electron chi connectivity index (χ4n) is 2.17. The van der Waals surface area contributed by atoms with E-state index in [9.17, 15) is 4.79 Å². The summed E-state index contributed by atoms with van der Waals surface area (Å²) in [5, 5.41) is 15.9. The van der Waals surface area contributed by atoms with Crippen molar-refractivity contribution in [2.24, 2.45) is 0 Å². The van der Waals surface area contributed by atoms with E-state index in [0.29, 0.717) is 23.6 Å². The number of aryl methyl sites for hydroxylation is 1. The zero-order valence-electron chi connectivity index (χ0n) is 12.5. The Morgan fingerprint density at radius 3 is 2.76 bits per heavy atom. The van der Waals surface area contributed by atoms with E-state index in [4.69, 9.17) is 9.63 Å². The molecular weight excluding hydrogens is 268 g/mol. The van der Waals surface area contributed by atoms with Crippen LogP contribution in [0.4, 0.5) is 0 Å². The first-order chi connectivity index (χ1) is 10.0. The predicted molar refractivity (Wildman–Crippen MR) is 78.9 cm³/mol. The molecule has 1 aromatic carbocycles. The number of hydrogen-bond donors (Lipinski definition) is 2. The molecule has 21 heavy (non-hydrogen) atoms. The van der Waals surface area contributed by atoms with Gasteiger partial charge >= 0.3 is 0 Å². The van der Waals surface area contributed by atoms with Gasteiger partial charge in [0.15, 0.2) is 5.76 Å². The molecule has 0 aliphatic carbocycles. The topological polar surface area (TPSA) is 75.4 Å². The van der Waals surface area contributed by atoms with E-state index < -0.39 is 0 Å². The first-order valence-electron chi connectivity index (χ1n) is 6.96. The van der Waals surface area contributed by atoms with Gasteiger partial charge in [0, 0.05) is 12.5 Å². The molecule has 0 atom stereocenters. The highest BCUT2D eigenvalue weighted by atomic mass is 16.5. The molecule has 1 amide bonds. The molecule has 1 aromatic heterocycles. The van der Waals surface area contributed by atoms with E-state index in [0.717, 1.165) is 11.1 Å². The highest BCUT2D eigenvalue weighted by Crippen LogP contribution is 2.22. The Hall–Kier alpha value is -2.14. The van der Waals surface area contributed by atoms with Gasteiger partial charge in [-0.15, -0.1) is 0 Å². The molecule has 2 rings (SSSR count). The van der Waals surface area contributed by atoms with E-state index >= 15 is 0 Å². The average Bonchev–Trinajstić information content (AvgIpc) is 2.87. The minimum atomic E-state index is -0.188. The first kappa shape index (κ1) is 15.3. The third-order valence-electron chi connectivity index (χ3n) is 3.27. The molecule has 0 saturated carbocycles. The van der Waals surface area contributed by atoms with Crippen molar-refractivity contribution in [2.75, 3.05) is 0 Å². The summed E-state index contributed by atoms with van der Waals surface area (Å²) in [5.74, 6) is 0.519. The van der Waals surface area contributed by atoms with Crippen LogP contribution in [0.15, 0.2) is 28.8 Å². The Balaban J connectivity index is 2.10. The second kappa shape index (κ2) is 6.54. The molecule has 0 radical (unpaired) electrons. The monoisotopic (exact) mass is 288 g/mol. The number of aromatic nitrogens is 1. The molecule has 5 heteroatoms. The van der Waals surface area contributed by atoms with Crippen molar-refractivity contribution in [3.63, 3.8) is 0 Å². The Bertz CT molecular complexity index is 632. The number of carbonyl (C=O) groups excluding carboxylic acids is 1. The van der Waals surface area contributed by atoms with Crippen molar-refractivity contribution < 1.29 is 14.4 Å². The van der Waals surface area contributed by atoms with Crippen LogP contribution in [0.5, 0.6) is 0 Å². The molecule has 0 unspecified atom stereocenters. The van der Waals surface area contributed by atoms with E-state index in [1.807, 2.05) is 38.1 Å². The van der Waals surface area contributed by atoms with Crippen molar-refractivity contribution in [2.45, 2.75) is 39.8 Å². The van der Waals surface area contributed by atoms with Crippen LogP contribution in [0.2, 0.25) is 0 Å². The van der Waals surface area contributed by atoms with Gasteiger partial charge in [-0.3, -0.25) is 4.79 Å². The lowest BCUT2D eigenvalue weighted by Crippen LogP contribution is -2.24. The second-order valence-corrected chi connectivity index (χ2v) is 5.32. The maximum absolute atomic E-state index is 12.3. The highest BCUT2D eigenvalue weighted by Gasteiger charge is 2.22. The van der Waals surface area contributed by atoms with Crippen molar-refractivity contribution in [1.82, 2.24) is 10.5 Å². The van der Waals surface area contributed by atoms with E-state index in [2.05, 4.69) is 10.5 Å². The van der Waals surface area contributed by atoms with Gasteiger partial charge in [0.25, 0.3) is 5.91 Å². The highest BCUT2D eigenvalue weighted by molar-refractivity contribution is 5.96. The first-order valence-corrected chi connectivity index (χ1v) is 6.96. The molecule has 5 nitrogen and oxygen atoms in total. The number of aliphatic hydroxyl groups excluding tert-OH is 1. The van der Waals surface area contributed by atoms with Crippen LogP contribution in [-0.4, -0.2) is 16.2 Å². The summed E-state index contributed by atoms with van der Waals surface area (Å²) in [6.45, 7) is 6.07. The van der Waals surface area contributed by atoms with Crippen molar-refractivity contribution in [3.05, 3.63) is 52.4 Å². The lowest BCUT2D eigenvalue weighted by atomic mass is 10.0. The molecular formula is C16H20N2O3. The lowest BCUT2D eigenvalue weighted by molar-refractivity contribution is 0.0948. The van der Waals surface area contributed by atoms with Crippen LogP contribution >= 0.6 is 0 Å². The smallest absolute Gasteiger partial charge is 0.257 e. The van der Waals surface area contributed by atoms with Gasteiger partial charge in [-0.25, -0.2) is 0 Å². The zero-order chi connectivity index (χ0) is 15.4. The minimum Gasteiger partial charge on any atom is -0.392 e. The van der Waals surface area contributed by atoms with Crippen molar-refractivity contribution >= 4 is 5.91 Å². The average molecular weight is 288 g/mol. The van der Waals surface area contributed by atoms with Crippen molar-refractivity contribution in [1.29, 1.82) is 0 Å². The fraction of sp³-hybridized carbons (Fsp3) is 0.375. The summed E-state index contributed by atoms with van der Waals surface area (Å²) in [6, 6.07) is 7.47. The Morgan fingerprint density at radius 2 is 2.10 bits per heavy atom. The number of rotatable bonds is 5. The van der Waals surface area contributed by atoms with Gasteiger partial charge in [0.1, 0.15) is 5.56 Å². The summed E-state index contributed by atoms with van der Waals surface area (Å²) in [7, 11) is 0. The summed E-state index contributed by atoms with van der Waals surface area (Å²) in [6.07, 6.45) is 0. The normalized spacial score (nSPS) is 10.9. The number of nitrogens with zero attached hydrogens (tertiary/aromatic N) is 1. The number of benzene rings is 1. The Morgan fingerprint density at radius 1 is 1.38 bits per heavy atom. The molecule has 0 spiro atoms. The van der Waals surface area contributed by atoms with Gasteiger partial charge in [-0.05, 0) is 18.1 Å². The number of aliphatic hydroxyl groups is 1. The summed E-state index contributed by atoms with van der Waals surface area (Å²) in [5.41, 5.74) is 2.88. The van der Waals surface area contributed by atoms with Crippen LogP contribution in [0.3, 0.4) is 0 Å². The number of amides is 1. The van der Waals surface area contributed by atoms with Gasteiger partial charge < -0.3 is 14.9 Å². The van der Waals surface area contributed by atoms with Crippen LogP contribution < -0.4 is 5.32 Å². The Kier molecular flexibility index (Phi) is 4.75. The maximum atomic E-state index is 12.3. The third kappa shape index (κ3) is 3.49. The summed E-state index contributed by atoms with van der Waals surface area (Å²) < 4.78 is 5.22. The number of nitrogens with one attached hydrogen (secondary N) is 1. The zero-order valence-corrected chi connectivity index (χ0v) is 12.5. The summed E-state index contributed by atoms with van der Waals surface area (Å²) >= 11 is 0. The third-order valence-corrected chi connectivity index (χ3v) is 3.27. The van der Waals surface area contributed by atoms with E-state index in [-0.39, 0.29) is 18.4 Å². The SMILES string of the molecule is Cc1noc(C(C)C)c1C(=O)NCc1cccc(CO)c1. The van der Waals surface area contributed by atoms with Crippen LogP contribution in [-0.2, 0) is 13.2 Å². The largest absolute Gasteiger partial charge is 0.392 e. The lowest BCUT2D eigenvalue weighted by Gasteiger charge is -2.08. The maximum Gasteiger partial charge on any atom is 0.257 e. The number of hydrogen-bond acceptors (Lipinski definition) is 4. The molecule has 0 aliphatic rings. The molecule has 0 bridgehead atoms. The van der Waals surface area contributed by atoms with E-state index in [1.54, 1.807) is 6.92 Å².